The molecule has 0 fully saturated rings. The Balaban J connectivity index is 1.60. The molecule has 0 unspecified atom stereocenters. The first-order chi connectivity index (χ1) is 10.6. The Morgan fingerprint density at radius 3 is 1.45 bits per heavy atom. The quantitative estimate of drug-likeness (QED) is 0.577. The largest absolute Gasteiger partial charge is 0.310 e. The molecular formula is C18H22O2S2. The van der Waals surface area contributed by atoms with Crippen molar-refractivity contribution in [3.8, 4) is 0 Å². The third-order valence-corrected chi connectivity index (χ3v) is 4.49. The molecule has 4 heteroatoms. The van der Waals surface area contributed by atoms with Gasteiger partial charge >= 0.3 is 0 Å². The van der Waals surface area contributed by atoms with Gasteiger partial charge in [-0.25, -0.2) is 0 Å². The van der Waals surface area contributed by atoms with Gasteiger partial charge in [0.15, 0.2) is 0 Å². The van der Waals surface area contributed by atoms with Gasteiger partial charge in [-0.1, -0.05) is 42.3 Å². The molecular weight excluding hydrogens is 312 g/mol. The van der Waals surface area contributed by atoms with E-state index in [4.69, 9.17) is 8.37 Å². The lowest BCUT2D eigenvalue weighted by Gasteiger charge is -2.11. The topological polar surface area (TPSA) is 18.5 Å². The summed E-state index contributed by atoms with van der Waals surface area (Å²) in [5, 5.41) is 0. The fourth-order valence-corrected chi connectivity index (χ4v) is 3.04. The lowest BCUT2D eigenvalue weighted by atomic mass is 10.2. The van der Waals surface area contributed by atoms with Crippen LogP contribution in [0.25, 0.3) is 0 Å². The monoisotopic (exact) mass is 334 g/mol. The second kappa shape index (κ2) is 9.26. The van der Waals surface area contributed by atoms with Crippen molar-refractivity contribution in [1.82, 2.24) is 0 Å². The van der Waals surface area contributed by atoms with Gasteiger partial charge in [-0.3, -0.25) is 0 Å². The smallest absolute Gasteiger partial charge is 0.0666 e. The van der Waals surface area contributed by atoms with E-state index in [0.29, 0.717) is 19.1 Å². The van der Waals surface area contributed by atoms with Crippen molar-refractivity contribution in [3.05, 3.63) is 59.7 Å². The summed E-state index contributed by atoms with van der Waals surface area (Å²) in [5.74, 6) is 0.357. The second-order valence-corrected chi connectivity index (χ2v) is 7.21. The van der Waals surface area contributed by atoms with Gasteiger partial charge in [0.1, 0.15) is 0 Å². The molecule has 0 aliphatic rings. The molecule has 0 heterocycles. The van der Waals surface area contributed by atoms with Crippen LogP contribution in [0.4, 0.5) is 0 Å². The maximum Gasteiger partial charge on any atom is 0.0666 e. The number of benzene rings is 2. The third-order valence-electron chi connectivity index (χ3n) is 3.06. The fraction of sp³-hybridized carbons (Fsp3) is 0.333. The van der Waals surface area contributed by atoms with Gasteiger partial charge in [0, 0.05) is 39.8 Å². The van der Waals surface area contributed by atoms with Crippen molar-refractivity contribution >= 4 is 24.1 Å². The van der Waals surface area contributed by atoms with E-state index in [1.165, 1.54) is 35.2 Å². The molecule has 0 bridgehead atoms. The van der Waals surface area contributed by atoms with E-state index in [1.807, 2.05) is 0 Å². The van der Waals surface area contributed by atoms with E-state index in [9.17, 15) is 0 Å². The average molecular weight is 335 g/mol. The second-order valence-electron chi connectivity index (χ2n) is 5.47. The van der Waals surface area contributed by atoms with Crippen molar-refractivity contribution in [2.24, 2.45) is 5.92 Å². The molecule has 0 N–H and O–H groups in total. The minimum Gasteiger partial charge on any atom is -0.310 e. The molecule has 0 aliphatic heterocycles. The van der Waals surface area contributed by atoms with E-state index in [1.54, 1.807) is 0 Å². The van der Waals surface area contributed by atoms with Crippen LogP contribution in [0.1, 0.15) is 18.1 Å². The van der Waals surface area contributed by atoms with Crippen LogP contribution in [0.3, 0.4) is 0 Å². The van der Waals surface area contributed by atoms with Crippen LogP contribution in [0.15, 0.2) is 58.3 Å². The molecule has 0 atom stereocenters. The molecule has 0 saturated carbocycles. The molecule has 2 aromatic carbocycles. The van der Waals surface area contributed by atoms with Crippen LogP contribution >= 0.6 is 24.1 Å². The Kier molecular flexibility index (Phi) is 7.33. The molecule has 22 heavy (non-hydrogen) atoms. The summed E-state index contributed by atoms with van der Waals surface area (Å²) < 4.78 is 11.3. The van der Waals surface area contributed by atoms with Crippen molar-refractivity contribution in [2.45, 2.75) is 30.6 Å². The predicted octanol–water partition coefficient (Wildman–Crippen LogP) is 5.69. The normalized spacial score (nSPS) is 11.1. The van der Waals surface area contributed by atoms with Gasteiger partial charge < -0.3 is 8.37 Å². The lowest BCUT2D eigenvalue weighted by Crippen LogP contribution is -2.08. The summed E-state index contributed by atoms with van der Waals surface area (Å²) in [5.41, 5.74) is 2.53. The highest BCUT2D eigenvalue weighted by Gasteiger charge is 2.05. The van der Waals surface area contributed by atoms with Crippen LogP contribution in [-0.4, -0.2) is 13.2 Å². The summed E-state index contributed by atoms with van der Waals surface area (Å²) in [7, 11) is 0. The van der Waals surface area contributed by atoms with Gasteiger partial charge in [0.25, 0.3) is 0 Å². The first kappa shape index (κ1) is 17.4. The van der Waals surface area contributed by atoms with Crippen LogP contribution < -0.4 is 0 Å². The molecule has 2 nitrogen and oxygen atoms in total. The van der Waals surface area contributed by atoms with E-state index < -0.39 is 0 Å². The zero-order chi connectivity index (χ0) is 15.8. The average Bonchev–Trinajstić information content (AvgIpc) is 2.51. The Bertz CT molecular complexity index is 501. The molecule has 0 amide bonds. The molecule has 118 valence electrons. The molecule has 0 aliphatic carbocycles. The van der Waals surface area contributed by atoms with E-state index in [0.717, 1.165) is 9.79 Å². The first-order valence-electron chi connectivity index (χ1n) is 7.36. The number of rotatable bonds is 8. The highest BCUT2D eigenvalue weighted by atomic mass is 32.2. The van der Waals surface area contributed by atoms with Gasteiger partial charge in [-0.2, -0.15) is 0 Å². The Morgan fingerprint density at radius 2 is 1.09 bits per heavy atom. The highest BCUT2D eigenvalue weighted by molar-refractivity contribution is 7.95. The molecule has 0 saturated heterocycles. The van der Waals surface area contributed by atoms with E-state index in [-0.39, 0.29) is 0 Å². The minimum atomic E-state index is 0.357. The standard InChI is InChI=1S/C18H22O2S2/c1-14-4-8-17(9-5-14)21-19-12-16(3)13-20-22-18-10-6-15(2)7-11-18/h4-11,16H,12-13H2,1-3H3. The van der Waals surface area contributed by atoms with Gasteiger partial charge in [-0.05, 0) is 38.1 Å². The Labute approximate surface area is 142 Å². The van der Waals surface area contributed by atoms with Gasteiger partial charge in [0.2, 0.25) is 0 Å². The highest BCUT2D eigenvalue weighted by Crippen LogP contribution is 2.22. The van der Waals surface area contributed by atoms with Crippen molar-refractivity contribution in [3.63, 3.8) is 0 Å². The maximum absolute atomic E-state index is 5.67. The molecule has 0 aromatic heterocycles. The van der Waals surface area contributed by atoms with Crippen LogP contribution in [0.2, 0.25) is 0 Å². The molecule has 2 rings (SSSR count). The number of aryl methyl sites for hydroxylation is 2. The number of hydrogen-bond acceptors (Lipinski definition) is 4. The Hall–Kier alpha value is -0.940. The number of hydrogen-bond donors (Lipinski definition) is 0. The first-order valence-corrected chi connectivity index (χ1v) is 8.84. The molecule has 0 radical (unpaired) electrons. The third kappa shape index (κ3) is 6.44. The van der Waals surface area contributed by atoms with Crippen LogP contribution in [0.5, 0.6) is 0 Å². The lowest BCUT2D eigenvalue weighted by molar-refractivity contribution is 0.225. The van der Waals surface area contributed by atoms with Crippen LogP contribution in [0, 0.1) is 19.8 Å². The summed E-state index contributed by atoms with van der Waals surface area (Å²) in [6, 6.07) is 16.7. The van der Waals surface area contributed by atoms with Crippen molar-refractivity contribution < 1.29 is 8.37 Å². The summed E-state index contributed by atoms with van der Waals surface area (Å²) >= 11 is 2.85. The minimum absolute atomic E-state index is 0.357. The maximum atomic E-state index is 5.67. The summed E-state index contributed by atoms with van der Waals surface area (Å²) in [6.45, 7) is 7.65. The van der Waals surface area contributed by atoms with E-state index in [2.05, 4.69) is 69.3 Å². The van der Waals surface area contributed by atoms with Crippen molar-refractivity contribution in [2.75, 3.05) is 13.2 Å². The summed E-state index contributed by atoms with van der Waals surface area (Å²) in [4.78, 5) is 2.26. The Morgan fingerprint density at radius 1 is 0.727 bits per heavy atom. The van der Waals surface area contributed by atoms with Crippen molar-refractivity contribution in [1.29, 1.82) is 0 Å². The fourth-order valence-electron chi connectivity index (χ4n) is 1.67. The molecule has 0 spiro atoms. The zero-order valence-electron chi connectivity index (χ0n) is 13.2. The zero-order valence-corrected chi connectivity index (χ0v) is 14.9. The van der Waals surface area contributed by atoms with Crippen LogP contribution in [-0.2, 0) is 8.37 Å². The van der Waals surface area contributed by atoms with E-state index >= 15 is 0 Å². The summed E-state index contributed by atoms with van der Waals surface area (Å²) in [6.07, 6.45) is 0. The van der Waals surface area contributed by atoms with Gasteiger partial charge in [0.05, 0.1) is 13.2 Å². The molecule has 2 aromatic rings. The predicted molar refractivity (Wildman–Crippen MR) is 95.1 cm³/mol. The SMILES string of the molecule is Cc1ccc(SOCC(C)COSc2ccc(C)cc2)cc1. The van der Waals surface area contributed by atoms with Gasteiger partial charge in [-0.15, -0.1) is 0 Å².